The zero-order valence-corrected chi connectivity index (χ0v) is 12.4. The van der Waals surface area contributed by atoms with E-state index in [-0.39, 0.29) is 5.91 Å². The molecule has 18 heavy (non-hydrogen) atoms. The summed E-state index contributed by atoms with van der Waals surface area (Å²) < 4.78 is 6.00. The molecule has 1 aromatic carbocycles. The van der Waals surface area contributed by atoms with Gasteiger partial charge in [0, 0.05) is 18.2 Å². The number of likely N-dealkylation sites (tertiary alicyclic amines) is 1. The van der Waals surface area contributed by atoms with Crippen LogP contribution in [0.1, 0.15) is 36.5 Å². The Hall–Kier alpha value is -1.03. The van der Waals surface area contributed by atoms with Crippen LogP contribution in [0.15, 0.2) is 22.7 Å². The number of carbonyl (C=O) groups excluding carboxylic acids is 1. The second kappa shape index (κ2) is 5.74. The van der Waals surface area contributed by atoms with E-state index in [2.05, 4.69) is 22.9 Å². The van der Waals surface area contributed by atoms with Gasteiger partial charge < -0.3 is 9.64 Å². The highest BCUT2D eigenvalue weighted by molar-refractivity contribution is 9.10. The van der Waals surface area contributed by atoms with E-state index in [9.17, 15) is 4.79 Å². The molecule has 1 atom stereocenters. The van der Waals surface area contributed by atoms with E-state index < -0.39 is 0 Å². The number of hydrogen-bond donors (Lipinski definition) is 0. The normalized spacial score (nSPS) is 19.1. The van der Waals surface area contributed by atoms with Crippen LogP contribution in [0.4, 0.5) is 0 Å². The van der Waals surface area contributed by atoms with E-state index in [1.54, 1.807) is 7.11 Å². The highest BCUT2D eigenvalue weighted by atomic mass is 79.9. The highest BCUT2D eigenvalue weighted by Gasteiger charge is 2.28. The fourth-order valence-corrected chi connectivity index (χ4v) is 3.03. The minimum atomic E-state index is 0.128. The van der Waals surface area contributed by atoms with Crippen LogP contribution < -0.4 is 4.74 Å². The molecule has 98 valence electrons. The number of hydrogen-bond acceptors (Lipinski definition) is 2. The number of halogens is 1. The van der Waals surface area contributed by atoms with E-state index in [0.717, 1.165) is 41.6 Å². The van der Waals surface area contributed by atoms with E-state index >= 15 is 0 Å². The first-order valence-corrected chi connectivity index (χ1v) is 7.11. The van der Waals surface area contributed by atoms with Crippen LogP contribution in [0.3, 0.4) is 0 Å². The molecule has 1 fully saturated rings. The average Bonchev–Trinajstić information content (AvgIpc) is 2.86. The van der Waals surface area contributed by atoms with Crippen molar-refractivity contribution in [2.75, 3.05) is 13.7 Å². The lowest BCUT2D eigenvalue weighted by Crippen LogP contribution is -2.35. The van der Waals surface area contributed by atoms with Crippen LogP contribution in [0, 0.1) is 0 Å². The van der Waals surface area contributed by atoms with Gasteiger partial charge in [-0.25, -0.2) is 0 Å². The molecule has 0 radical (unpaired) electrons. The molecule has 1 heterocycles. The molecule has 0 saturated carbocycles. The Morgan fingerprint density at radius 3 is 2.94 bits per heavy atom. The van der Waals surface area contributed by atoms with E-state index in [0.29, 0.717) is 6.04 Å². The van der Waals surface area contributed by atoms with Crippen LogP contribution in [0.2, 0.25) is 0 Å². The predicted molar refractivity (Wildman–Crippen MR) is 75.0 cm³/mol. The molecule has 1 aliphatic heterocycles. The van der Waals surface area contributed by atoms with Crippen LogP contribution in [0.5, 0.6) is 5.75 Å². The van der Waals surface area contributed by atoms with Gasteiger partial charge in [0.15, 0.2) is 0 Å². The molecule has 1 aliphatic rings. The fraction of sp³-hybridized carbons (Fsp3) is 0.500. The van der Waals surface area contributed by atoms with Crippen molar-refractivity contribution in [2.24, 2.45) is 0 Å². The van der Waals surface area contributed by atoms with Gasteiger partial charge >= 0.3 is 0 Å². The van der Waals surface area contributed by atoms with Gasteiger partial charge in [0.25, 0.3) is 5.91 Å². The SMILES string of the molecule is CCC1CCCN1C(=O)c1ccc(OC)c(Br)c1. The number of amides is 1. The van der Waals surface area contributed by atoms with Gasteiger partial charge in [0.1, 0.15) is 5.75 Å². The van der Waals surface area contributed by atoms with Crippen LogP contribution >= 0.6 is 15.9 Å². The number of benzene rings is 1. The Kier molecular flexibility index (Phi) is 4.27. The van der Waals surface area contributed by atoms with Crippen molar-refractivity contribution >= 4 is 21.8 Å². The molecule has 2 rings (SSSR count). The largest absolute Gasteiger partial charge is 0.496 e. The van der Waals surface area contributed by atoms with Crippen molar-refractivity contribution in [3.05, 3.63) is 28.2 Å². The van der Waals surface area contributed by atoms with Crippen molar-refractivity contribution < 1.29 is 9.53 Å². The van der Waals surface area contributed by atoms with Crippen LogP contribution in [-0.2, 0) is 0 Å². The molecular weight excluding hydrogens is 294 g/mol. The third-order valence-corrected chi connectivity index (χ3v) is 4.13. The minimum Gasteiger partial charge on any atom is -0.496 e. The Bertz CT molecular complexity index is 447. The molecule has 1 aromatic rings. The predicted octanol–water partition coefficient (Wildman–Crippen LogP) is 3.47. The van der Waals surface area contributed by atoms with Gasteiger partial charge in [0.2, 0.25) is 0 Å². The quantitative estimate of drug-likeness (QED) is 0.855. The summed E-state index contributed by atoms with van der Waals surface area (Å²) in [6, 6.07) is 5.90. The topological polar surface area (TPSA) is 29.5 Å². The lowest BCUT2D eigenvalue weighted by molar-refractivity contribution is 0.0733. The zero-order chi connectivity index (χ0) is 13.1. The second-order valence-corrected chi connectivity index (χ2v) is 5.41. The van der Waals surface area contributed by atoms with Gasteiger partial charge in [-0.2, -0.15) is 0 Å². The monoisotopic (exact) mass is 311 g/mol. The molecule has 1 saturated heterocycles. The van der Waals surface area contributed by atoms with Crippen molar-refractivity contribution in [3.63, 3.8) is 0 Å². The summed E-state index contributed by atoms with van der Waals surface area (Å²) in [7, 11) is 1.62. The van der Waals surface area contributed by atoms with Gasteiger partial charge in [-0.05, 0) is 53.4 Å². The molecule has 0 spiro atoms. The molecule has 3 nitrogen and oxygen atoms in total. The van der Waals surface area contributed by atoms with Gasteiger partial charge in [-0.15, -0.1) is 0 Å². The standard InChI is InChI=1S/C14H18BrNO2/c1-3-11-5-4-8-16(11)14(17)10-6-7-13(18-2)12(15)9-10/h6-7,9,11H,3-5,8H2,1-2H3. The zero-order valence-electron chi connectivity index (χ0n) is 10.8. The lowest BCUT2D eigenvalue weighted by Gasteiger charge is -2.23. The van der Waals surface area contributed by atoms with Gasteiger partial charge in [-0.3, -0.25) is 4.79 Å². The van der Waals surface area contributed by atoms with Crippen molar-refractivity contribution in [2.45, 2.75) is 32.2 Å². The molecule has 1 unspecified atom stereocenters. The number of methoxy groups -OCH3 is 1. The number of nitrogens with zero attached hydrogens (tertiary/aromatic N) is 1. The molecular formula is C14H18BrNO2. The summed E-state index contributed by atoms with van der Waals surface area (Å²) in [5.74, 6) is 0.878. The van der Waals surface area contributed by atoms with E-state index in [1.165, 1.54) is 0 Å². The summed E-state index contributed by atoms with van der Waals surface area (Å²) in [5, 5.41) is 0. The first-order chi connectivity index (χ1) is 8.67. The number of carbonyl (C=O) groups is 1. The molecule has 1 amide bonds. The van der Waals surface area contributed by atoms with Crippen molar-refractivity contribution in [3.8, 4) is 5.75 Å². The number of rotatable bonds is 3. The molecule has 0 aromatic heterocycles. The van der Waals surface area contributed by atoms with Crippen LogP contribution in [-0.4, -0.2) is 30.5 Å². The van der Waals surface area contributed by atoms with E-state index in [4.69, 9.17) is 4.74 Å². The Morgan fingerprint density at radius 2 is 2.33 bits per heavy atom. The molecule has 0 N–H and O–H groups in total. The third kappa shape index (κ3) is 2.53. The summed E-state index contributed by atoms with van der Waals surface area (Å²) >= 11 is 3.42. The third-order valence-electron chi connectivity index (χ3n) is 3.51. The van der Waals surface area contributed by atoms with Crippen molar-refractivity contribution in [1.82, 2.24) is 4.90 Å². The van der Waals surface area contributed by atoms with E-state index in [1.807, 2.05) is 23.1 Å². The summed E-state index contributed by atoms with van der Waals surface area (Å²) in [5.41, 5.74) is 0.725. The summed E-state index contributed by atoms with van der Waals surface area (Å²) in [4.78, 5) is 14.4. The number of ether oxygens (including phenoxy) is 1. The lowest BCUT2D eigenvalue weighted by atomic mass is 10.1. The van der Waals surface area contributed by atoms with Crippen molar-refractivity contribution in [1.29, 1.82) is 0 Å². The Labute approximate surface area is 116 Å². The Morgan fingerprint density at radius 1 is 1.56 bits per heavy atom. The Balaban J connectivity index is 2.21. The maximum absolute atomic E-state index is 12.4. The highest BCUT2D eigenvalue weighted by Crippen LogP contribution is 2.28. The van der Waals surface area contributed by atoms with Gasteiger partial charge in [0.05, 0.1) is 11.6 Å². The second-order valence-electron chi connectivity index (χ2n) is 4.55. The molecule has 0 bridgehead atoms. The first-order valence-electron chi connectivity index (χ1n) is 6.32. The van der Waals surface area contributed by atoms with Gasteiger partial charge in [-0.1, -0.05) is 6.92 Å². The maximum atomic E-state index is 12.4. The first kappa shape index (κ1) is 13.4. The molecule has 4 heteroatoms. The van der Waals surface area contributed by atoms with Crippen LogP contribution in [0.25, 0.3) is 0 Å². The minimum absolute atomic E-state index is 0.128. The molecule has 0 aliphatic carbocycles. The fourth-order valence-electron chi connectivity index (χ4n) is 2.49. The maximum Gasteiger partial charge on any atom is 0.254 e. The smallest absolute Gasteiger partial charge is 0.254 e. The summed E-state index contributed by atoms with van der Waals surface area (Å²) in [6.07, 6.45) is 3.27. The average molecular weight is 312 g/mol. The summed E-state index contributed by atoms with van der Waals surface area (Å²) in [6.45, 7) is 3.02.